The van der Waals surface area contributed by atoms with Crippen molar-refractivity contribution in [1.29, 1.82) is 0 Å². The average molecular weight is 200 g/mol. The van der Waals surface area contributed by atoms with Crippen LogP contribution in [-0.2, 0) is 6.54 Å². The molecule has 0 unspecified atom stereocenters. The standard InChI is InChI=1S/C12H12N2O/c1-2-10-11(14-5-1)4-3-9-8-13-6-7-15-12(9)10/h1-5,13H,6-8H2. The lowest BCUT2D eigenvalue weighted by Gasteiger charge is -2.09. The van der Waals surface area contributed by atoms with Crippen LogP contribution >= 0.6 is 0 Å². The summed E-state index contributed by atoms with van der Waals surface area (Å²) in [5.74, 6) is 0.991. The SMILES string of the molecule is c1cnc2ccc3c(c2c1)OCCNC3. The Bertz CT molecular complexity index is 496. The van der Waals surface area contributed by atoms with Gasteiger partial charge in [0.25, 0.3) is 0 Å². The molecule has 3 heteroatoms. The highest BCUT2D eigenvalue weighted by Gasteiger charge is 2.11. The quantitative estimate of drug-likeness (QED) is 0.703. The van der Waals surface area contributed by atoms with Crippen molar-refractivity contribution < 1.29 is 4.74 Å². The molecular weight excluding hydrogens is 188 g/mol. The van der Waals surface area contributed by atoms with Gasteiger partial charge in [-0.25, -0.2) is 0 Å². The van der Waals surface area contributed by atoms with Crippen molar-refractivity contribution in [2.75, 3.05) is 13.2 Å². The predicted molar refractivity (Wildman–Crippen MR) is 58.9 cm³/mol. The molecule has 2 heterocycles. The third kappa shape index (κ3) is 1.45. The Labute approximate surface area is 88.1 Å². The molecular formula is C12H12N2O. The van der Waals surface area contributed by atoms with Crippen LogP contribution < -0.4 is 10.1 Å². The van der Waals surface area contributed by atoms with Gasteiger partial charge in [0.2, 0.25) is 0 Å². The molecule has 0 radical (unpaired) electrons. The van der Waals surface area contributed by atoms with Gasteiger partial charge in [-0.1, -0.05) is 6.07 Å². The number of hydrogen-bond acceptors (Lipinski definition) is 3. The van der Waals surface area contributed by atoms with Gasteiger partial charge in [-0.2, -0.15) is 0 Å². The van der Waals surface area contributed by atoms with E-state index in [9.17, 15) is 0 Å². The van der Waals surface area contributed by atoms with Gasteiger partial charge in [0.15, 0.2) is 0 Å². The van der Waals surface area contributed by atoms with E-state index in [0.717, 1.165) is 36.3 Å². The van der Waals surface area contributed by atoms with E-state index in [1.54, 1.807) is 0 Å². The summed E-state index contributed by atoms with van der Waals surface area (Å²) in [6.07, 6.45) is 1.81. The molecule has 3 rings (SSSR count). The van der Waals surface area contributed by atoms with Gasteiger partial charge in [-0.15, -0.1) is 0 Å². The van der Waals surface area contributed by atoms with Crippen molar-refractivity contribution in [3.05, 3.63) is 36.0 Å². The van der Waals surface area contributed by atoms with Gasteiger partial charge < -0.3 is 10.1 Å². The van der Waals surface area contributed by atoms with E-state index in [2.05, 4.69) is 22.4 Å². The van der Waals surface area contributed by atoms with E-state index < -0.39 is 0 Å². The number of rotatable bonds is 0. The van der Waals surface area contributed by atoms with Crippen molar-refractivity contribution in [2.45, 2.75) is 6.54 Å². The van der Waals surface area contributed by atoms with Gasteiger partial charge in [-0.3, -0.25) is 4.98 Å². The van der Waals surface area contributed by atoms with Crippen LogP contribution in [0, 0.1) is 0 Å². The van der Waals surface area contributed by atoms with Crippen molar-refractivity contribution >= 4 is 10.9 Å². The fourth-order valence-corrected chi connectivity index (χ4v) is 1.93. The van der Waals surface area contributed by atoms with E-state index in [1.165, 1.54) is 5.56 Å². The lowest BCUT2D eigenvalue weighted by molar-refractivity contribution is 0.329. The second kappa shape index (κ2) is 3.51. The molecule has 0 spiro atoms. The van der Waals surface area contributed by atoms with Crippen molar-refractivity contribution in [3.63, 3.8) is 0 Å². The number of pyridine rings is 1. The predicted octanol–water partition coefficient (Wildman–Crippen LogP) is 1.72. The summed E-state index contributed by atoms with van der Waals surface area (Å²) < 4.78 is 5.76. The fourth-order valence-electron chi connectivity index (χ4n) is 1.93. The summed E-state index contributed by atoms with van der Waals surface area (Å²) in [4.78, 5) is 4.32. The van der Waals surface area contributed by atoms with Crippen molar-refractivity contribution in [1.82, 2.24) is 10.3 Å². The molecule has 1 aliphatic rings. The van der Waals surface area contributed by atoms with Crippen LogP contribution in [0.3, 0.4) is 0 Å². The highest BCUT2D eigenvalue weighted by Crippen LogP contribution is 2.29. The normalized spacial score (nSPS) is 15.5. The number of aromatic nitrogens is 1. The average Bonchev–Trinajstić information content (AvgIpc) is 2.54. The van der Waals surface area contributed by atoms with Gasteiger partial charge >= 0.3 is 0 Å². The molecule has 1 aliphatic heterocycles. The lowest BCUT2D eigenvalue weighted by Crippen LogP contribution is -2.16. The highest BCUT2D eigenvalue weighted by atomic mass is 16.5. The molecule has 0 saturated heterocycles. The molecule has 2 aromatic rings. The minimum atomic E-state index is 0.723. The molecule has 0 saturated carbocycles. The van der Waals surface area contributed by atoms with E-state index in [0.29, 0.717) is 0 Å². The van der Waals surface area contributed by atoms with Crippen LogP contribution in [-0.4, -0.2) is 18.1 Å². The minimum absolute atomic E-state index is 0.723. The van der Waals surface area contributed by atoms with E-state index >= 15 is 0 Å². The number of benzene rings is 1. The summed E-state index contributed by atoms with van der Waals surface area (Å²) >= 11 is 0. The summed E-state index contributed by atoms with van der Waals surface area (Å²) in [6, 6.07) is 8.14. The number of ether oxygens (including phenoxy) is 1. The summed E-state index contributed by atoms with van der Waals surface area (Å²) in [7, 11) is 0. The highest BCUT2D eigenvalue weighted by molar-refractivity contribution is 5.86. The molecule has 3 nitrogen and oxygen atoms in total. The van der Waals surface area contributed by atoms with E-state index in [1.807, 2.05) is 18.3 Å². The molecule has 0 aliphatic carbocycles. The number of fused-ring (bicyclic) bond motifs is 3. The van der Waals surface area contributed by atoms with Crippen molar-refractivity contribution in [2.24, 2.45) is 0 Å². The summed E-state index contributed by atoms with van der Waals surface area (Å²) in [5, 5.41) is 4.43. The Morgan fingerprint density at radius 2 is 2.27 bits per heavy atom. The smallest absolute Gasteiger partial charge is 0.133 e. The minimum Gasteiger partial charge on any atom is -0.491 e. The van der Waals surface area contributed by atoms with Crippen LogP contribution in [0.15, 0.2) is 30.5 Å². The largest absolute Gasteiger partial charge is 0.491 e. The van der Waals surface area contributed by atoms with Crippen LogP contribution in [0.25, 0.3) is 10.9 Å². The number of hydrogen-bond donors (Lipinski definition) is 1. The molecule has 1 aromatic heterocycles. The monoisotopic (exact) mass is 200 g/mol. The Hall–Kier alpha value is -1.61. The second-order valence-corrected chi connectivity index (χ2v) is 3.65. The zero-order valence-electron chi connectivity index (χ0n) is 8.36. The third-order valence-corrected chi connectivity index (χ3v) is 2.66. The topological polar surface area (TPSA) is 34.1 Å². The molecule has 0 amide bonds. The maximum absolute atomic E-state index is 5.76. The Balaban J connectivity index is 2.27. The maximum Gasteiger partial charge on any atom is 0.133 e. The maximum atomic E-state index is 5.76. The first kappa shape index (κ1) is 8.68. The third-order valence-electron chi connectivity index (χ3n) is 2.66. The van der Waals surface area contributed by atoms with E-state index in [-0.39, 0.29) is 0 Å². The second-order valence-electron chi connectivity index (χ2n) is 3.65. The molecule has 0 fully saturated rings. The Morgan fingerprint density at radius 1 is 1.27 bits per heavy atom. The molecule has 0 bridgehead atoms. The number of nitrogens with zero attached hydrogens (tertiary/aromatic N) is 1. The van der Waals surface area contributed by atoms with Crippen LogP contribution in [0.5, 0.6) is 5.75 Å². The lowest BCUT2D eigenvalue weighted by atomic mass is 10.1. The first-order valence-electron chi connectivity index (χ1n) is 5.15. The van der Waals surface area contributed by atoms with Crippen LogP contribution in [0.4, 0.5) is 0 Å². The molecule has 1 aromatic carbocycles. The van der Waals surface area contributed by atoms with Gasteiger partial charge in [0, 0.05) is 30.2 Å². The van der Waals surface area contributed by atoms with Gasteiger partial charge in [0.1, 0.15) is 12.4 Å². The Morgan fingerprint density at radius 3 is 3.27 bits per heavy atom. The van der Waals surface area contributed by atoms with Crippen molar-refractivity contribution in [3.8, 4) is 5.75 Å². The first-order chi connectivity index (χ1) is 7.45. The zero-order valence-corrected chi connectivity index (χ0v) is 8.36. The summed E-state index contributed by atoms with van der Waals surface area (Å²) in [6.45, 7) is 2.50. The number of nitrogens with one attached hydrogen (secondary N) is 1. The van der Waals surface area contributed by atoms with Crippen LogP contribution in [0.2, 0.25) is 0 Å². The molecule has 15 heavy (non-hydrogen) atoms. The summed E-state index contributed by atoms with van der Waals surface area (Å²) in [5.41, 5.74) is 2.21. The van der Waals surface area contributed by atoms with E-state index in [4.69, 9.17) is 4.74 Å². The zero-order chi connectivity index (χ0) is 10.1. The van der Waals surface area contributed by atoms with Gasteiger partial charge in [-0.05, 0) is 18.2 Å². The molecule has 76 valence electrons. The molecule has 1 N–H and O–H groups in total. The van der Waals surface area contributed by atoms with Crippen LogP contribution in [0.1, 0.15) is 5.56 Å². The van der Waals surface area contributed by atoms with Gasteiger partial charge in [0.05, 0.1) is 5.52 Å². The fraction of sp³-hybridized carbons (Fsp3) is 0.250. The Kier molecular flexibility index (Phi) is 2.03. The molecule has 0 atom stereocenters. The first-order valence-corrected chi connectivity index (χ1v) is 5.15.